The van der Waals surface area contributed by atoms with Gasteiger partial charge in [-0.05, 0) is 13.8 Å². The number of hydrogen-bond donors (Lipinski definition) is 2. The molecule has 0 atom stereocenters. The van der Waals surface area contributed by atoms with E-state index < -0.39 is 0 Å². The number of rotatable bonds is 6. The molecule has 1 aliphatic rings. The Morgan fingerprint density at radius 2 is 1.94 bits per heavy atom. The molecule has 0 aromatic heterocycles. The van der Waals surface area contributed by atoms with Crippen molar-refractivity contribution in [1.29, 1.82) is 0 Å². The Bertz CT molecular complexity index is 276. The molecule has 1 fully saturated rings. The summed E-state index contributed by atoms with van der Waals surface area (Å²) in [6.07, 6.45) is 0.426. The van der Waals surface area contributed by atoms with Crippen LogP contribution < -0.4 is 10.6 Å². The van der Waals surface area contributed by atoms with Crippen LogP contribution in [0.25, 0.3) is 0 Å². The van der Waals surface area contributed by atoms with Crippen molar-refractivity contribution in [1.82, 2.24) is 15.5 Å². The highest BCUT2D eigenvalue weighted by Crippen LogP contribution is 1.99. The zero-order chi connectivity index (χ0) is 13.4. The Morgan fingerprint density at radius 1 is 1.28 bits per heavy atom. The minimum Gasteiger partial charge on any atom is -0.378 e. The molecule has 0 radical (unpaired) electrons. The van der Waals surface area contributed by atoms with Crippen LogP contribution in [-0.2, 0) is 14.3 Å². The monoisotopic (exact) mass is 257 g/mol. The zero-order valence-corrected chi connectivity index (χ0v) is 11.2. The van der Waals surface area contributed by atoms with Crippen LogP contribution >= 0.6 is 0 Å². The molecule has 2 N–H and O–H groups in total. The lowest BCUT2D eigenvalue weighted by Crippen LogP contribution is -2.42. The number of carbonyl (C=O) groups excluding carboxylic acids is 2. The van der Waals surface area contributed by atoms with Gasteiger partial charge in [0, 0.05) is 32.1 Å². The number of carbonyl (C=O) groups is 2. The molecule has 1 rings (SSSR count). The summed E-state index contributed by atoms with van der Waals surface area (Å²) in [5, 5.41) is 5.75. The summed E-state index contributed by atoms with van der Waals surface area (Å²) in [6, 6.07) is 0.147. The van der Waals surface area contributed by atoms with Crippen LogP contribution in [0, 0.1) is 0 Å². The van der Waals surface area contributed by atoms with Crippen molar-refractivity contribution in [3.8, 4) is 0 Å². The van der Waals surface area contributed by atoms with E-state index in [0.717, 1.165) is 0 Å². The van der Waals surface area contributed by atoms with Gasteiger partial charge >= 0.3 is 0 Å². The summed E-state index contributed by atoms with van der Waals surface area (Å²) in [7, 11) is 0. The number of nitrogens with zero attached hydrogens (tertiary/aromatic N) is 1. The SMILES string of the molecule is CC(C)NC(=O)CNCCC(=O)N1CCOCC1. The van der Waals surface area contributed by atoms with Gasteiger partial charge in [0.15, 0.2) is 0 Å². The van der Waals surface area contributed by atoms with E-state index in [1.54, 1.807) is 4.90 Å². The average molecular weight is 257 g/mol. The maximum atomic E-state index is 11.8. The normalized spacial score (nSPS) is 15.8. The fraction of sp³-hybridized carbons (Fsp3) is 0.833. The average Bonchev–Trinajstić information content (AvgIpc) is 2.34. The second kappa shape index (κ2) is 8.05. The molecule has 1 saturated heterocycles. The predicted octanol–water partition coefficient (Wildman–Crippen LogP) is -0.650. The van der Waals surface area contributed by atoms with E-state index in [1.165, 1.54) is 0 Å². The van der Waals surface area contributed by atoms with Gasteiger partial charge in [-0.1, -0.05) is 0 Å². The lowest BCUT2D eigenvalue weighted by atomic mass is 10.3. The molecule has 6 heteroatoms. The van der Waals surface area contributed by atoms with Crippen LogP contribution in [0.15, 0.2) is 0 Å². The Labute approximate surface area is 108 Å². The first-order valence-electron chi connectivity index (χ1n) is 6.45. The van der Waals surface area contributed by atoms with Gasteiger partial charge in [0.05, 0.1) is 19.8 Å². The molecular weight excluding hydrogens is 234 g/mol. The van der Waals surface area contributed by atoms with E-state index in [2.05, 4.69) is 10.6 Å². The summed E-state index contributed by atoms with van der Waals surface area (Å²) in [6.45, 7) is 7.21. The minimum atomic E-state index is -0.0381. The number of nitrogens with one attached hydrogen (secondary N) is 2. The van der Waals surface area contributed by atoms with Gasteiger partial charge in [-0.3, -0.25) is 9.59 Å². The molecule has 0 saturated carbocycles. The molecule has 0 bridgehead atoms. The van der Waals surface area contributed by atoms with Gasteiger partial charge in [0.25, 0.3) is 0 Å². The molecule has 6 nitrogen and oxygen atoms in total. The highest BCUT2D eigenvalue weighted by Gasteiger charge is 2.15. The highest BCUT2D eigenvalue weighted by atomic mass is 16.5. The van der Waals surface area contributed by atoms with Gasteiger partial charge in [-0.25, -0.2) is 0 Å². The topological polar surface area (TPSA) is 70.7 Å². The van der Waals surface area contributed by atoms with Crippen molar-refractivity contribution >= 4 is 11.8 Å². The quantitative estimate of drug-likeness (QED) is 0.620. The molecule has 0 unspecified atom stereocenters. The van der Waals surface area contributed by atoms with E-state index in [9.17, 15) is 9.59 Å². The molecule has 0 aromatic rings. The van der Waals surface area contributed by atoms with Crippen LogP contribution in [0.3, 0.4) is 0 Å². The maximum absolute atomic E-state index is 11.8. The molecule has 1 aliphatic heterocycles. The van der Waals surface area contributed by atoms with Crippen LogP contribution in [0.2, 0.25) is 0 Å². The van der Waals surface area contributed by atoms with Gasteiger partial charge in [0.1, 0.15) is 0 Å². The van der Waals surface area contributed by atoms with Gasteiger partial charge in [0.2, 0.25) is 11.8 Å². The summed E-state index contributed by atoms with van der Waals surface area (Å²) in [5.41, 5.74) is 0. The number of ether oxygens (including phenoxy) is 1. The van der Waals surface area contributed by atoms with Crippen LogP contribution in [0.4, 0.5) is 0 Å². The Kier molecular flexibility index (Phi) is 6.67. The molecular formula is C12H23N3O3. The molecule has 104 valence electrons. The summed E-state index contributed by atoms with van der Waals surface area (Å²) in [4.78, 5) is 24.9. The molecule has 18 heavy (non-hydrogen) atoms. The first-order valence-corrected chi connectivity index (χ1v) is 6.45. The van der Waals surface area contributed by atoms with Gasteiger partial charge < -0.3 is 20.3 Å². The summed E-state index contributed by atoms with van der Waals surface area (Å²) < 4.78 is 5.18. The van der Waals surface area contributed by atoms with Crippen molar-refractivity contribution in [3.05, 3.63) is 0 Å². The number of morpholine rings is 1. The number of amides is 2. The molecule has 2 amide bonds. The van der Waals surface area contributed by atoms with Crippen molar-refractivity contribution in [3.63, 3.8) is 0 Å². The summed E-state index contributed by atoms with van der Waals surface area (Å²) >= 11 is 0. The standard InChI is InChI=1S/C12H23N3O3/c1-10(2)14-11(16)9-13-4-3-12(17)15-5-7-18-8-6-15/h10,13H,3-9H2,1-2H3,(H,14,16). The van der Waals surface area contributed by atoms with Crippen LogP contribution in [-0.4, -0.2) is 62.1 Å². The molecule has 1 heterocycles. The van der Waals surface area contributed by atoms with E-state index in [1.807, 2.05) is 13.8 Å². The maximum Gasteiger partial charge on any atom is 0.234 e. The lowest BCUT2D eigenvalue weighted by Gasteiger charge is -2.26. The second-order valence-corrected chi connectivity index (χ2v) is 4.64. The van der Waals surface area contributed by atoms with E-state index in [0.29, 0.717) is 39.3 Å². The fourth-order valence-corrected chi connectivity index (χ4v) is 1.74. The minimum absolute atomic E-state index is 0.0381. The molecule has 0 aliphatic carbocycles. The van der Waals surface area contributed by atoms with Gasteiger partial charge in [-0.2, -0.15) is 0 Å². The fourth-order valence-electron chi connectivity index (χ4n) is 1.74. The first-order chi connectivity index (χ1) is 8.59. The van der Waals surface area contributed by atoms with E-state index in [-0.39, 0.29) is 24.4 Å². The van der Waals surface area contributed by atoms with Crippen LogP contribution in [0.1, 0.15) is 20.3 Å². The van der Waals surface area contributed by atoms with Crippen molar-refractivity contribution < 1.29 is 14.3 Å². The lowest BCUT2D eigenvalue weighted by molar-refractivity contribution is -0.135. The Balaban J connectivity index is 2.06. The van der Waals surface area contributed by atoms with Crippen molar-refractivity contribution in [2.24, 2.45) is 0 Å². The van der Waals surface area contributed by atoms with Crippen molar-refractivity contribution in [2.75, 3.05) is 39.4 Å². The third kappa shape index (κ3) is 5.97. The van der Waals surface area contributed by atoms with E-state index >= 15 is 0 Å². The Hall–Kier alpha value is -1.14. The van der Waals surface area contributed by atoms with Crippen molar-refractivity contribution in [2.45, 2.75) is 26.3 Å². The van der Waals surface area contributed by atoms with Gasteiger partial charge in [-0.15, -0.1) is 0 Å². The zero-order valence-electron chi connectivity index (χ0n) is 11.2. The molecule has 0 aromatic carbocycles. The number of hydrogen-bond acceptors (Lipinski definition) is 4. The first kappa shape index (κ1) is 14.9. The summed E-state index contributed by atoms with van der Waals surface area (Å²) in [5.74, 6) is 0.0823. The van der Waals surface area contributed by atoms with E-state index in [4.69, 9.17) is 4.74 Å². The second-order valence-electron chi connectivity index (χ2n) is 4.64. The third-order valence-electron chi connectivity index (χ3n) is 2.61. The largest absolute Gasteiger partial charge is 0.378 e. The molecule has 0 spiro atoms. The highest BCUT2D eigenvalue weighted by molar-refractivity contribution is 5.78. The Morgan fingerprint density at radius 3 is 2.56 bits per heavy atom. The smallest absolute Gasteiger partial charge is 0.234 e. The third-order valence-corrected chi connectivity index (χ3v) is 2.61. The predicted molar refractivity (Wildman–Crippen MR) is 68.2 cm³/mol. The van der Waals surface area contributed by atoms with Crippen LogP contribution in [0.5, 0.6) is 0 Å².